The number of benzene rings is 2. The topological polar surface area (TPSA) is 46.9 Å². The third-order valence-electron chi connectivity index (χ3n) is 3.83. The molecule has 0 spiro atoms. The molecule has 0 aliphatic heterocycles. The maximum absolute atomic E-state index is 12.1. The lowest BCUT2D eigenvalue weighted by atomic mass is 10.1. The van der Waals surface area contributed by atoms with Gasteiger partial charge in [-0.15, -0.1) is 0 Å². The summed E-state index contributed by atoms with van der Waals surface area (Å²) in [5.41, 5.74) is 4.05. The summed E-state index contributed by atoms with van der Waals surface area (Å²) in [6, 6.07) is 15.4. The van der Waals surface area contributed by atoms with Crippen molar-refractivity contribution < 1.29 is 4.79 Å². The second-order valence-corrected chi connectivity index (χ2v) is 6.09. The van der Waals surface area contributed by atoms with Gasteiger partial charge in [0.25, 0.3) is 0 Å². The lowest BCUT2D eigenvalue weighted by Crippen LogP contribution is -2.24. The van der Waals surface area contributed by atoms with Gasteiger partial charge in [-0.05, 0) is 42.3 Å². The molecule has 0 atom stereocenters. The Balaban J connectivity index is 1.58. The molecule has 0 fully saturated rings. The first-order valence-electron chi connectivity index (χ1n) is 7.72. The summed E-state index contributed by atoms with van der Waals surface area (Å²) in [6.07, 6.45) is 4.04. The summed E-state index contributed by atoms with van der Waals surface area (Å²) in [7, 11) is 0. The Morgan fingerprint density at radius 1 is 1.17 bits per heavy atom. The molecule has 1 heterocycles. The quantitative estimate of drug-likeness (QED) is 0.770. The third kappa shape index (κ3) is 4.03. The fraction of sp³-hybridized carbons (Fsp3) is 0.158. The lowest BCUT2D eigenvalue weighted by molar-refractivity contribution is -0.120. The molecule has 3 rings (SSSR count). The lowest BCUT2D eigenvalue weighted by Gasteiger charge is -2.06. The SMILES string of the molecule is Cc1ccccc1CC(=O)NCc1cnn(-c2ccc(Cl)cc2)c1. The largest absolute Gasteiger partial charge is 0.352 e. The van der Waals surface area contributed by atoms with E-state index in [1.54, 1.807) is 10.9 Å². The maximum Gasteiger partial charge on any atom is 0.224 e. The van der Waals surface area contributed by atoms with Crippen molar-refractivity contribution in [1.82, 2.24) is 15.1 Å². The Kier molecular flexibility index (Phi) is 4.96. The number of amides is 1. The van der Waals surface area contributed by atoms with Gasteiger partial charge < -0.3 is 5.32 Å². The van der Waals surface area contributed by atoms with Gasteiger partial charge in [0.2, 0.25) is 5.91 Å². The van der Waals surface area contributed by atoms with Gasteiger partial charge in [-0.2, -0.15) is 5.10 Å². The van der Waals surface area contributed by atoms with E-state index in [1.165, 1.54) is 0 Å². The molecule has 24 heavy (non-hydrogen) atoms. The Morgan fingerprint density at radius 2 is 1.92 bits per heavy atom. The van der Waals surface area contributed by atoms with Crippen LogP contribution >= 0.6 is 11.6 Å². The van der Waals surface area contributed by atoms with Gasteiger partial charge in [0.05, 0.1) is 18.3 Å². The predicted molar refractivity (Wildman–Crippen MR) is 95.3 cm³/mol. The molecule has 0 unspecified atom stereocenters. The minimum absolute atomic E-state index is 0.00328. The standard InChI is InChI=1S/C19H18ClN3O/c1-14-4-2-3-5-16(14)10-19(24)21-11-15-12-22-23(13-15)18-8-6-17(20)7-9-18/h2-9,12-13H,10-11H2,1H3,(H,21,24). The first-order chi connectivity index (χ1) is 11.6. The molecule has 0 aliphatic carbocycles. The van der Waals surface area contributed by atoms with E-state index < -0.39 is 0 Å². The number of hydrogen-bond acceptors (Lipinski definition) is 2. The summed E-state index contributed by atoms with van der Waals surface area (Å²) in [6.45, 7) is 2.47. The van der Waals surface area contributed by atoms with Crippen molar-refractivity contribution in [2.45, 2.75) is 19.9 Å². The van der Waals surface area contributed by atoms with E-state index in [1.807, 2.05) is 61.7 Å². The van der Waals surface area contributed by atoms with Crippen LogP contribution in [0.25, 0.3) is 5.69 Å². The van der Waals surface area contributed by atoms with Gasteiger partial charge in [0.1, 0.15) is 0 Å². The average molecular weight is 340 g/mol. The van der Waals surface area contributed by atoms with Crippen LogP contribution in [0.5, 0.6) is 0 Å². The second kappa shape index (κ2) is 7.32. The highest BCUT2D eigenvalue weighted by atomic mass is 35.5. The number of hydrogen-bond donors (Lipinski definition) is 1. The van der Waals surface area contributed by atoms with E-state index in [9.17, 15) is 4.79 Å². The Bertz CT molecular complexity index is 840. The Labute approximate surface area is 146 Å². The van der Waals surface area contributed by atoms with E-state index in [-0.39, 0.29) is 5.91 Å². The predicted octanol–water partition coefficient (Wildman–Crippen LogP) is 3.69. The van der Waals surface area contributed by atoms with Gasteiger partial charge >= 0.3 is 0 Å². The number of halogens is 1. The normalized spacial score (nSPS) is 10.6. The van der Waals surface area contributed by atoms with Gasteiger partial charge in [0.15, 0.2) is 0 Å². The molecule has 5 heteroatoms. The fourth-order valence-corrected chi connectivity index (χ4v) is 2.56. The van der Waals surface area contributed by atoms with Gasteiger partial charge in [-0.25, -0.2) is 4.68 Å². The van der Waals surface area contributed by atoms with Crippen LogP contribution in [0.15, 0.2) is 60.9 Å². The Morgan fingerprint density at radius 3 is 2.67 bits per heavy atom. The van der Waals surface area contributed by atoms with E-state index in [2.05, 4.69) is 10.4 Å². The molecule has 0 saturated heterocycles. The van der Waals surface area contributed by atoms with Crippen molar-refractivity contribution in [2.75, 3.05) is 0 Å². The molecule has 1 amide bonds. The summed E-state index contributed by atoms with van der Waals surface area (Å²) in [4.78, 5) is 12.1. The molecule has 4 nitrogen and oxygen atoms in total. The maximum atomic E-state index is 12.1. The number of carbonyl (C=O) groups is 1. The molecule has 0 aliphatic rings. The van der Waals surface area contributed by atoms with Crippen molar-refractivity contribution in [1.29, 1.82) is 0 Å². The molecule has 122 valence electrons. The molecular weight excluding hydrogens is 322 g/mol. The highest BCUT2D eigenvalue weighted by Gasteiger charge is 2.07. The number of rotatable bonds is 5. The van der Waals surface area contributed by atoms with Crippen LogP contribution < -0.4 is 5.32 Å². The van der Waals surface area contributed by atoms with Crippen LogP contribution in [0.3, 0.4) is 0 Å². The van der Waals surface area contributed by atoms with Crippen molar-refractivity contribution in [3.05, 3.63) is 82.6 Å². The zero-order valence-electron chi connectivity index (χ0n) is 13.4. The zero-order valence-corrected chi connectivity index (χ0v) is 14.1. The summed E-state index contributed by atoms with van der Waals surface area (Å²) in [5.74, 6) is 0.00328. The molecule has 0 saturated carbocycles. The van der Waals surface area contributed by atoms with Crippen molar-refractivity contribution in [2.24, 2.45) is 0 Å². The van der Waals surface area contributed by atoms with Crippen LogP contribution in [0.1, 0.15) is 16.7 Å². The number of nitrogens with zero attached hydrogens (tertiary/aromatic N) is 2. The molecule has 0 bridgehead atoms. The highest BCUT2D eigenvalue weighted by molar-refractivity contribution is 6.30. The molecule has 1 aromatic heterocycles. The molecular formula is C19H18ClN3O. The van der Waals surface area contributed by atoms with Crippen LogP contribution in [-0.2, 0) is 17.8 Å². The van der Waals surface area contributed by atoms with Crippen LogP contribution in [-0.4, -0.2) is 15.7 Å². The zero-order chi connectivity index (χ0) is 16.9. The molecule has 3 aromatic rings. The van der Waals surface area contributed by atoms with Crippen LogP contribution in [0.2, 0.25) is 5.02 Å². The first kappa shape index (κ1) is 16.3. The second-order valence-electron chi connectivity index (χ2n) is 5.65. The third-order valence-corrected chi connectivity index (χ3v) is 4.08. The molecule has 0 radical (unpaired) electrons. The van der Waals surface area contributed by atoms with Gasteiger partial charge in [-0.1, -0.05) is 35.9 Å². The molecule has 1 N–H and O–H groups in total. The first-order valence-corrected chi connectivity index (χ1v) is 8.10. The van der Waals surface area contributed by atoms with Gasteiger partial charge in [-0.3, -0.25) is 4.79 Å². The van der Waals surface area contributed by atoms with Crippen LogP contribution in [0, 0.1) is 6.92 Å². The number of aromatic nitrogens is 2. The van der Waals surface area contributed by atoms with Crippen molar-refractivity contribution >= 4 is 17.5 Å². The van der Waals surface area contributed by atoms with E-state index in [0.717, 1.165) is 22.4 Å². The Hall–Kier alpha value is -2.59. The number of nitrogens with one attached hydrogen (secondary N) is 1. The smallest absolute Gasteiger partial charge is 0.224 e. The van der Waals surface area contributed by atoms with Gasteiger partial charge in [0, 0.05) is 23.3 Å². The summed E-state index contributed by atoms with van der Waals surface area (Å²) >= 11 is 5.89. The van der Waals surface area contributed by atoms with E-state index >= 15 is 0 Å². The number of carbonyl (C=O) groups excluding carboxylic acids is 1. The van der Waals surface area contributed by atoms with Crippen molar-refractivity contribution in [3.63, 3.8) is 0 Å². The summed E-state index contributed by atoms with van der Waals surface area (Å²) in [5, 5.41) is 7.94. The van der Waals surface area contributed by atoms with E-state index in [0.29, 0.717) is 18.0 Å². The van der Waals surface area contributed by atoms with Crippen molar-refractivity contribution in [3.8, 4) is 5.69 Å². The monoisotopic (exact) mass is 339 g/mol. The fourth-order valence-electron chi connectivity index (χ4n) is 2.43. The van der Waals surface area contributed by atoms with E-state index in [4.69, 9.17) is 11.6 Å². The average Bonchev–Trinajstić information content (AvgIpc) is 3.05. The highest BCUT2D eigenvalue weighted by Crippen LogP contribution is 2.13. The molecule has 2 aromatic carbocycles. The van der Waals surface area contributed by atoms with Crippen LogP contribution in [0.4, 0.5) is 0 Å². The summed E-state index contributed by atoms with van der Waals surface area (Å²) < 4.78 is 1.76. The minimum atomic E-state index is 0.00328. The number of aryl methyl sites for hydroxylation is 1. The minimum Gasteiger partial charge on any atom is -0.352 e.